The Bertz CT molecular complexity index is 330. The minimum absolute atomic E-state index is 0.197. The van der Waals surface area contributed by atoms with Gasteiger partial charge in [-0.15, -0.1) is 0 Å². The van der Waals surface area contributed by atoms with Gasteiger partial charge in [-0.3, -0.25) is 0 Å². The first-order valence-corrected chi connectivity index (χ1v) is 3.49. The smallest absolute Gasteiger partial charge is 0.191 e. The van der Waals surface area contributed by atoms with E-state index in [1.807, 2.05) is 0 Å². The van der Waals surface area contributed by atoms with Crippen LogP contribution < -0.4 is 0 Å². The van der Waals surface area contributed by atoms with Gasteiger partial charge in [-0.2, -0.15) is 14.0 Å². The fraction of sp³-hybridized carbons (Fsp3) is 0.125. The van der Waals surface area contributed by atoms with Crippen LogP contribution in [-0.4, -0.2) is 0 Å². The summed E-state index contributed by atoms with van der Waals surface area (Å²) in [6, 6.07) is 5.98. The van der Waals surface area contributed by atoms with E-state index in [2.05, 4.69) is 0 Å². The highest BCUT2D eigenvalue weighted by molar-refractivity contribution is 6.30. The second-order valence-electron chi connectivity index (χ2n) is 2.20. The molecule has 0 unspecified atom stereocenters. The van der Waals surface area contributed by atoms with Crippen molar-refractivity contribution in [2.45, 2.75) is 5.92 Å². The van der Waals surface area contributed by atoms with Crippen molar-refractivity contribution in [2.24, 2.45) is 0 Å². The lowest BCUT2D eigenvalue weighted by atomic mass is 10.1. The number of benzene rings is 1. The lowest BCUT2D eigenvalue weighted by molar-refractivity contribution is 0.0613. The molecule has 1 rings (SSSR count). The number of rotatable bonds is 1. The third-order valence-corrected chi connectivity index (χ3v) is 1.56. The molecule has 0 bridgehead atoms. The van der Waals surface area contributed by atoms with Crippen molar-refractivity contribution in [1.29, 1.82) is 5.26 Å². The first kappa shape index (κ1) is 8.95. The molecular weight excluding hydrogens is 184 g/mol. The van der Waals surface area contributed by atoms with Gasteiger partial charge in [0.25, 0.3) is 0 Å². The van der Waals surface area contributed by atoms with Crippen LogP contribution in [0.1, 0.15) is 5.56 Å². The van der Waals surface area contributed by atoms with E-state index in [1.54, 1.807) is 0 Å². The van der Waals surface area contributed by atoms with Crippen LogP contribution in [0.4, 0.5) is 8.78 Å². The molecule has 1 aromatic rings. The topological polar surface area (TPSA) is 23.8 Å². The zero-order chi connectivity index (χ0) is 9.19. The van der Waals surface area contributed by atoms with Crippen molar-refractivity contribution in [1.82, 2.24) is 0 Å². The molecule has 0 spiro atoms. The Kier molecular flexibility index (Phi) is 2.30. The number of hydrogen-bond acceptors (Lipinski definition) is 1. The first-order valence-electron chi connectivity index (χ1n) is 3.11. The van der Waals surface area contributed by atoms with E-state index in [0.29, 0.717) is 0 Å². The normalized spacial score (nSPS) is 10.8. The summed E-state index contributed by atoms with van der Waals surface area (Å²) < 4.78 is 25.3. The quantitative estimate of drug-likeness (QED) is 0.663. The molecule has 0 heterocycles. The van der Waals surface area contributed by atoms with Crippen molar-refractivity contribution in [3.8, 4) is 6.07 Å². The molecule has 0 amide bonds. The lowest BCUT2D eigenvalue weighted by Gasteiger charge is -2.06. The van der Waals surface area contributed by atoms with Gasteiger partial charge in [-0.05, 0) is 12.1 Å². The first-order chi connectivity index (χ1) is 5.56. The highest BCUT2D eigenvalue weighted by atomic mass is 35.5. The Morgan fingerprint density at radius 3 is 2.58 bits per heavy atom. The molecule has 0 aromatic heterocycles. The summed E-state index contributed by atoms with van der Waals surface area (Å²) in [6.45, 7) is 0. The molecule has 0 radical (unpaired) electrons. The van der Waals surface area contributed by atoms with Gasteiger partial charge in [-0.1, -0.05) is 23.7 Å². The number of halogens is 3. The van der Waals surface area contributed by atoms with Crippen molar-refractivity contribution >= 4 is 11.6 Å². The van der Waals surface area contributed by atoms with Crippen LogP contribution in [0.3, 0.4) is 0 Å². The van der Waals surface area contributed by atoms with E-state index in [0.717, 1.165) is 18.2 Å². The van der Waals surface area contributed by atoms with Gasteiger partial charge in [-0.25, -0.2) is 0 Å². The largest absolute Gasteiger partial charge is 0.357 e. The summed E-state index contributed by atoms with van der Waals surface area (Å²) in [5.41, 5.74) is -0.377. The fourth-order valence-electron chi connectivity index (χ4n) is 0.748. The molecule has 62 valence electrons. The Labute approximate surface area is 73.2 Å². The van der Waals surface area contributed by atoms with Gasteiger partial charge in [0.05, 0.1) is 0 Å². The highest BCUT2D eigenvalue weighted by Gasteiger charge is 2.30. The van der Waals surface area contributed by atoms with Gasteiger partial charge >= 0.3 is 5.92 Å². The SMILES string of the molecule is N#CC(F)(F)c1cccc(Cl)c1. The van der Waals surface area contributed by atoms with Crippen molar-refractivity contribution in [2.75, 3.05) is 0 Å². The predicted octanol–water partition coefficient (Wildman–Crippen LogP) is 2.96. The Morgan fingerprint density at radius 2 is 2.08 bits per heavy atom. The molecule has 0 atom stereocenters. The summed E-state index contributed by atoms with van der Waals surface area (Å²) in [5, 5.41) is 8.29. The molecule has 4 heteroatoms. The van der Waals surface area contributed by atoms with Crippen molar-refractivity contribution in [3.63, 3.8) is 0 Å². The Balaban J connectivity index is 3.14. The van der Waals surface area contributed by atoms with Crippen LogP contribution in [0, 0.1) is 11.3 Å². The third kappa shape index (κ3) is 1.72. The third-order valence-electron chi connectivity index (χ3n) is 1.33. The highest BCUT2D eigenvalue weighted by Crippen LogP contribution is 2.28. The van der Waals surface area contributed by atoms with Gasteiger partial charge in [0.1, 0.15) is 6.07 Å². The molecule has 0 aliphatic rings. The van der Waals surface area contributed by atoms with Crippen LogP contribution in [0.5, 0.6) is 0 Å². The van der Waals surface area contributed by atoms with E-state index in [4.69, 9.17) is 16.9 Å². The monoisotopic (exact) mass is 187 g/mol. The maximum absolute atomic E-state index is 12.6. The van der Waals surface area contributed by atoms with E-state index in [9.17, 15) is 8.78 Å². The average molecular weight is 188 g/mol. The minimum Gasteiger partial charge on any atom is -0.191 e. The predicted molar refractivity (Wildman–Crippen MR) is 41.0 cm³/mol. The standard InChI is InChI=1S/C8H4ClF2N/c9-7-3-1-2-6(4-7)8(10,11)5-12/h1-4H. The number of hydrogen-bond donors (Lipinski definition) is 0. The molecule has 0 aliphatic heterocycles. The number of nitrogens with zero attached hydrogens (tertiary/aromatic N) is 1. The molecule has 0 N–H and O–H groups in total. The number of alkyl halides is 2. The second kappa shape index (κ2) is 3.08. The van der Waals surface area contributed by atoms with E-state index < -0.39 is 5.92 Å². The molecule has 1 aromatic carbocycles. The van der Waals surface area contributed by atoms with Crippen molar-refractivity contribution < 1.29 is 8.78 Å². The molecular formula is C8H4ClF2N. The molecule has 0 saturated carbocycles. The maximum atomic E-state index is 12.6. The molecule has 0 aliphatic carbocycles. The molecule has 0 fully saturated rings. The van der Waals surface area contributed by atoms with Gasteiger partial charge < -0.3 is 0 Å². The van der Waals surface area contributed by atoms with E-state index in [-0.39, 0.29) is 10.6 Å². The summed E-state index contributed by atoms with van der Waals surface area (Å²) in [6.07, 6.45) is 0. The van der Waals surface area contributed by atoms with E-state index in [1.165, 1.54) is 12.1 Å². The molecule has 1 nitrogen and oxygen atoms in total. The van der Waals surface area contributed by atoms with Crippen molar-refractivity contribution in [3.05, 3.63) is 34.9 Å². The maximum Gasteiger partial charge on any atom is 0.357 e. The average Bonchev–Trinajstić information content (AvgIpc) is 2.05. The second-order valence-corrected chi connectivity index (χ2v) is 2.63. The van der Waals surface area contributed by atoms with Crippen LogP contribution in [0.2, 0.25) is 5.02 Å². The van der Waals surface area contributed by atoms with E-state index >= 15 is 0 Å². The zero-order valence-corrected chi connectivity index (χ0v) is 6.65. The Morgan fingerprint density at radius 1 is 1.42 bits per heavy atom. The van der Waals surface area contributed by atoms with Gasteiger partial charge in [0, 0.05) is 10.6 Å². The van der Waals surface area contributed by atoms with Gasteiger partial charge in [0.15, 0.2) is 0 Å². The van der Waals surface area contributed by atoms with Gasteiger partial charge in [0.2, 0.25) is 0 Å². The zero-order valence-electron chi connectivity index (χ0n) is 5.89. The number of nitriles is 1. The fourth-order valence-corrected chi connectivity index (χ4v) is 0.939. The van der Waals surface area contributed by atoms with Crippen LogP contribution in [-0.2, 0) is 5.92 Å². The van der Waals surface area contributed by atoms with Crippen LogP contribution in [0.25, 0.3) is 0 Å². The van der Waals surface area contributed by atoms with Crippen LogP contribution >= 0.6 is 11.6 Å². The molecule has 12 heavy (non-hydrogen) atoms. The summed E-state index contributed by atoms with van der Waals surface area (Å²) in [5.74, 6) is -3.45. The summed E-state index contributed by atoms with van der Waals surface area (Å²) >= 11 is 5.47. The minimum atomic E-state index is -3.45. The Hall–Kier alpha value is -1.14. The summed E-state index contributed by atoms with van der Waals surface area (Å²) in [7, 11) is 0. The van der Waals surface area contributed by atoms with Crippen LogP contribution in [0.15, 0.2) is 24.3 Å². The lowest BCUT2D eigenvalue weighted by Crippen LogP contribution is -2.09. The summed E-state index contributed by atoms with van der Waals surface area (Å²) in [4.78, 5) is 0. The molecule has 0 saturated heterocycles.